The third-order valence-corrected chi connectivity index (χ3v) is 2.94. The maximum atomic E-state index is 13.2. The summed E-state index contributed by atoms with van der Waals surface area (Å²) in [6.45, 7) is 5.47. The van der Waals surface area contributed by atoms with E-state index in [9.17, 15) is 8.78 Å². The minimum atomic E-state index is -2.60. The molecule has 1 rings (SSSR count). The number of halogens is 2. The summed E-state index contributed by atoms with van der Waals surface area (Å²) in [7, 11) is 0. The molecular formula is C13H20F2N2. The molecule has 0 fully saturated rings. The van der Waals surface area contributed by atoms with Crippen LogP contribution in [0.5, 0.6) is 0 Å². The molecule has 0 radical (unpaired) electrons. The summed E-state index contributed by atoms with van der Waals surface area (Å²) in [5.74, 6) is -2.39. The molecule has 1 aromatic heterocycles. The van der Waals surface area contributed by atoms with Crippen LogP contribution in [0.2, 0.25) is 0 Å². The molecule has 2 nitrogen and oxygen atoms in total. The molecule has 0 unspecified atom stereocenters. The van der Waals surface area contributed by atoms with Crippen LogP contribution in [0, 0.1) is 0 Å². The molecule has 0 aliphatic rings. The number of nitrogen functional groups attached to an aromatic ring is 1. The van der Waals surface area contributed by atoms with Gasteiger partial charge in [-0.2, -0.15) is 0 Å². The second kappa shape index (κ2) is 5.43. The Bertz CT molecular complexity index is 376. The molecule has 4 heteroatoms. The number of nitrogens with two attached hydrogens (primary N) is 1. The van der Waals surface area contributed by atoms with Gasteiger partial charge in [0.1, 0.15) is 0 Å². The highest BCUT2D eigenvalue weighted by Crippen LogP contribution is 2.28. The Morgan fingerprint density at radius 2 is 2.06 bits per heavy atom. The Hall–Kier alpha value is -1.19. The summed E-state index contributed by atoms with van der Waals surface area (Å²) in [5, 5.41) is 0. The number of hydrogen-bond acceptors (Lipinski definition) is 2. The monoisotopic (exact) mass is 242 g/mol. The average Bonchev–Trinajstić information content (AvgIpc) is 2.27. The Morgan fingerprint density at radius 1 is 1.41 bits per heavy atom. The molecule has 0 saturated carbocycles. The zero-order chi connectivity index (χ0) is 13.1. The van der Waals surface area contributed by atoms with E-state index >= 15 is 0 Å². The molecule has 0 atom stereocenters. The highest BCUT2D eigenvalue weighted by atomic mass is 19.3. The molecule has 2 N–H and O–H groups in total. The topological polar surface area (TPSA) is 38.9 Å². The van der Waals surface area contributed by atoms with E-state index in [2.05, 4.69) is 4.98 Å². The van der Waals surface area contributed by atoms with Gasteiger partial charge in [0.25, 0.3) is 0 Å². The van der Waals surface area contributed by atoms with Crippen LogP contribution in [-0.4, -0.2) is 10.9 Å². The number of alkyl halides is 2. The van der Waals surface area contributed by atoms with E-state index in [-0.39, 0.29) is 18.8 Å². The SMILES string of the molecule is CCC(F)(F)CCc1ccnc(C(C)C)c1N. The Labute approximate surface area is 101 Å². The van der Waals surface area contributed by atoms with Crippen molar-refractivity contribution in [3.8, 4) is 0 Å². The van der Waals surface area contributed by atoms with E-state index in [1.807, 2.05) is 13.8 Å². The summed E-state index contributed by atoms with van der Waals surface area (Å²) in [4.78, 5) is 4.19. The van der Waals surface area contributed by atoms with Crippen LogP contribution in [0.25, 0.3) is 0 Å². The minimum absolute atomic E-state index is 0.130. The van der Waals surface area contributed by atoms with Crippen LogP contribution in [-0.2, 0) is 6.42 Å². The quantitative estimate of drug-likeness (QED) is 0.853. The normalized spacial score (nSPS) is 12.1. The molecule has 0 bridgehead atoms. The number of rotatable bonds is 5. The van der Waals surface area contributed by atoms with Gasteiger partial charge in [-0.15, -0.1) is 0 Å². The lowest BCUT2D eigenvalue weighted by atomic mass is 10.00. The van der Waals surface area contributed by atoms with Crippen molar-refractivity contribution in [2.45, 2.75) is 51.9 Å². The van der Waals surface area contributed by atoms with Crippen LogP contribution in [0.3, 0.4) is 0 Å². The number of anilines is 1. The van der Waals surface area contributed by atoms with Crippen LogP contribution >= 0.6 is 0 Å². The third kappa shape index (κ3) is 3.65. The van der Waals surface area contributed by atoms with Gasteiger partial charge >= 0.3 is 0 Å². The van der Waals surface area contributed by atoms with E-state index in [1.54, 1.807) is 12.3 Å². The van der Waals surface area contributed by atoms with Gasteiger partial charge in [0.15, 0.2) is 0 Å². The van der Waals surface area contributed by atoms with E-state index in [4.69, 9.17) is 5.73 Å². The lowest BCUT2D eigenvalue weighted by Crippen LogP contribution is -2.16. The van der Waals surface area contributed by atoms with Crippen molar-refractivity contribution >= 4 is 5.69 Å². The Balaban J connectivity index is 2.82. The molecule has 0 spiro atoms. The third-order valence-electron chi connectivity index (χ3n) is 2.94. The zero-order valence-electron chi connectivity index (χ0n) is 10.6. The highest BCUT2D eigenvalue weighted by Gasteiger charge is 2.26. The fraction of sp³-hybridized carbons (Fsp3) is 0.615. The molecule has 0 saturated heterocycles. The van der Waals surface area contributed by atoms with E-state index in [0.29, 0.717) is 12.1 Å². The first-order chi connectivity index (χ1) is 7.87. The van der Waals surface area contributed by atoms with Crippen molar-refractivity contribution in [3.05, 3.63) is 23.5 Å². The molecule has 0 aromatic carbocycles. The van der Waals surface area contributed by atoms with Gasteiger partial charge in [-0.25, -0.2) is 8.78 Å². The number of hydrogen-bond donors (Lipinski definition) is 1. The first-order valence-corrected chi connectivity index (χ1v) is 5.98. The first kappa shape index (κ1) is 13.9. The van der Waals surface area contributed by atoms with Gasteiger partial charge in [0, 0.05) is 19.0 Å². The summed E-state index contributed by atoms with van der Waals surface area (Å²) >= 11 is 0. The van der Waals surface area contributed by atoms with E-state index in [0.717, 1.165) is 11.3 Å². The van der Waals surface area contributed by atoms with Gasteiger partial charge in [-0.05, 0) is 24.0 Å². The molecule has 0 aliphatic carbocycles. The van der Waals surface area contributed by atoms with Crippen molar-refractivity contribution in [1.82, 2.24) is 4.98 Å². The Kier molecular flexibility index (Phi) is 4.43. The summed E-state index contributed by atoms with van der Waals surface area (Å²) in [6.07, 6.45) is 1.66. The maximum Gasteiger partial charge on any atom is 0.248 e. The second-order valence-corrected chi connectivity index (χ2v) is 4.63. The Morgan fingerprint density at radius 3 is 2.59 bits per heavy atom. The van der Waals surface area contributed by atoms with Crippen LogP contribution in [0.1, 0.15) is 50.8 Å². The van der Waals surface area contributed by atoms with Gasteiger partial charge < -0.3 is 5.73 Å². The number of nitrogens with zero attached hydrogens (tertiary/aromatic N) is 1. The molecule has 96 valence electrons. The van der Waals surface area contributed by atoms with Crippen molar-refractivity contribution in [2.24, 2.45) is 0 Å². The average molecular weight is 242 g/mol. The van der Waals surface area contributed by atoms with Gasteiger partial charge in [0.2, 0.25) is 5.92 Å². The van der Waals surface area contributed by atoms with Crippen molar-refractivity contribution in [3.63, 3.8) is 0 Å². The lowest BCUT2D eigenvalue weighted by molar-refractivity contribution is -0.0109. The fourth-order valence-electron chi connectivity index (χ4n) is 1.70. The largest absolute Gasteiger partial charge is 0.397 e. The van der Waals surface area contributed by atoms with Crippen LogP contribution < -0.4 is 5.73 Å². The second-order valence-electron chi connectivity index (χ2n) is 4.63. The number of aryl methyl sites for hydroxylation is 1. The highest BCUT2D eigenvalue weighted by molar-refractivity contribution is 5.51. The lowest BCUT2D eigenvalue weighted by Gasteiger charge is -2.16. The van der Waals surface area contributed by atoms with Gasteiger partial charge in [0.05, 0.1) is 11.4 Å². The molecule has 17 heavy (non-hydrogen) atoms. The number of aromatic nitrogens is 1. The van der Waals surface area contributed by atoms with Gasteiger partial charge in [-0.1, -0.05) is 20.8 Å². The summed E-state index contributed by atoms with van der Waals surface area (Å²) in [6, 6.07) is 1.73. The molecule has 1 aromatic rings. The number of pyridine rings is 1. The zero-order valence-corrected chi connectivity index (χ0v) is 10.6. The minimum Gasteiger partial charge on any atom is -0.397 e. The van der Waals surface area contributed by atoms with Gasteiger partial charge in [-0.3, -0.25) is 4.98 Å². The molecule has 1 heterocycles. The summed E-state index contributed by atoms with van der Waals surface area (Å²) < 4.78 is 26.3. The van der Waals surface area contributed by atoms with Crippen LogP contribution in [0.4, 0.5) is 14.5 Å². The fourth-order valence-corrected chi connectivity index (χ4v) is 1.70. The predicted octanol–water partition coefficient (Wildman–Crippen LogP) is 3.77. The standard InChI is InChI=1S/C13H20F2N2/c1-4-13(14,15)7-5-10-6-8-17-12(9(2)3)11(10)16/h6,8-9H,4-5,7,16H2,1-3H3. The van der Waals surface area contributed by atoms with Crippen LogP contribution in [0.15, 0.2) is 12.3 Å². The van der Waals surface area contributed by atoms with E-state index in [1.165, 1.54) is 6.92 Å². The summed E-state index contributed by atoms with van der Waals surface area (Å²) in [5.41, 5.74) is 8.08. The van der Waals surface area contributed by atoms with E-state index < -0.39 is 5.92 Å². The smallest absolute Gasteiger partial charge is 0.248 e. The predicted molar refractivity (Wildman–Crippen MR) is 66.3 cm³/mol. The molecule has 0 aliphatic heterocycles. The maximum absolute atomic E-state index is 13.2. The van der Waals surface area contributed by atoms with Crippen molar-refractivity contribution in [2.75, 3.05) is 5.73 Å². The molecular weight excluding hydrogens is 222 g/mol. The van der Waals surface area contributed by atoms with Crippen molar-refractivity contribution in [1.29, 1.82) is 0 Å². The first-order valence-electron chi connectivity index (χ1n) is 5.98. The van der Waals surface area contributed by atoms with Crippen molar-refractivity contribution < 1.29 is 8.78 Å². The molecule has 0 amide bonds.